The normalized spacial score (nSPS) is 18.7. The quantitative estimate of drug-likeness (QED) is 0.693. The molecule has 0 fully saturated rings. The van der Waals surface area contributed by atoms with Crippen LogP contribution in [0.4, 0.5) is 0 Å². The number of methoxy groups -OCH3 is 1. The monoisotopic (exact) mass is 178 g/mol. The Bertz CT molecular complexity index is 333. The molecule has 2 rings (SSSR count). The van der Waals surface area contributed by atoms with Crippen molar-refractivity contribution in [2.24, 2.45) is 0 Å². The first-order valence-corrected chi connectivity index (χ1v) is 3.96. The Morgan fingerprint density at radius 1 is 1.38 bits per heavy atom. The second kappa shape index (κ2) is 3.11. The van der Waals surface area contributed by atoms with E-state index in [1.165, 1.54) is 7.11 Å². The first-order valence-electron chi connectivity index (χ1n) is 3.96. The summed E-state index contributed by atoms with van der Waals surface area (Å²) in [5.74, 6) is 1.40. The number of ether oxygens (including phenoxy) is 3. The molecule has 13 heavy (non-hydrogen) atoms. The van der Waals surface area contributed by atoms with Gasteiger partial charge in [0.15, 0.2) is 11.5 Å². The molecule has 0 saturated heterocycles. The van der Waals surface area contributed by atoms with Crippen LogP contribution in [0, 0.1) is 0 Å². The van der Waals surface area contributed by atoms with Crippen molar-refractivity contribution < 1.29 is 14.2 Å². The zero-order chi connectivity index (χ0) is 9.26. The lowest BCUT2D eigenvalue weighted by Gasteiger charge is -2.05. The van der Waals surface area contributed by atoms with Crippen molar-refractivity contribution in [1.82, 2.24) is 0 Å². The van der Waals surface area contributed by atoms with E-state index in [4.69, 9.17) is 14.2 Å². The molecular weight excluding hydrogens is 168 g/mol. The third-order valence-corrected chi connectivity index (χ3v) is 1.84. The second-order valence-corrected chi connectivity index (χ2v) is 2.67. The van der Waals surface area contributed by atoms with Gasteiger partial charge in [0, 0.05) is 7.11 Å². The maximum atomic E-state index is 5.31. The summed E-state index contributed by atoms with van der Waals surface area (Å²) in [6.45, 7) is 3.05. The molecule has 3 heteroatoms. The molecule has 0 aromatic heterocycles. The number of hydrogen-bond acceptors (Lipinski definition) is 3. The van der Waals surface area contributed by atoms with Gasteiger partial charge in [0.25, 0.3) is 0 Å². The van der Waals surface area contributed by atoms with E-state index in [0.717, 1.165) is 5.56 Å². The van der Waals surface area contributed by atoms with Crippen molar-refractivity contribution in [3.05, 3.63) is 30.3 Å². The average molecular weight is 178 g/mol. The molecule has 0 radical (unpaired) electrons. The minimum Gasteiger partial charge on any atom is -0.428 e. The summed E-state index contributed by atoms with van der Waals surface area (Å²) in [6.07, 6.45) is 1.75. The maximum Gasteiger partial charge on any atom is 0.360 e. The fourth-order valence-electron chi connectivity index (χ4n) is 1.17. The average Bonchev–Trinajstić information content (AvgIpc) is 2.58. The van der Waals surface area contributed by atoms with Crippen LogP contribution in [0.15, 0.2) is 24.8 Å². The Morgan fingerprint density at radius 3 is 2.85 bits per heavy atom. The molecule has 1 aromatic rings. The summed E-state index contributed by atoms with van der Waals surface area (Å²) in [5.41, 5.74) is 0.999. The fraction of sp³-hybridized carbons (Fsp3) is 0.200. The van der Waals surface area contributed by atoms with Crippen molar-refractivity contribution in [2.75, 3.05) is 7.11 Å². The topological polar surface area (TPSA) is 27.7 Å². The summed E-state index contributed by atoms with van der Waals surface area (Å²) in [5, 5.41) is 0. The number of fused-ring (bicyclic) bond motifs is 1. The molecule has 1 heterocycles. The van der Waals surface area contributed by atoms with Crippen LogP contribution < -0.4 is 9.47 Å². The van der Waals surface area contributed by atoms with Gasteiger partial charge in [-0.1, -0.05) is 18.7 Å². The number of benzene rings is 1. The lowest BCUT2D eigenvalue weighted by Crippen LogP contribution is -2.19. The van der Waals surface area contributed by atoms with E-state index in [9.17, 15) is 0 Å². The second-order valence-electron chi connectivity index (χ2n) is 2.67. The highest BCUT2D eigenvalue weighted by molar-refractivity contribution is 5.55. The van der Waals surface area contributed by atoms with Gasteiger partial charge in [-0.05, 0) is 17.7 Å². The fourth-order valence-corrected chi connectivity index (χ4v) is 1.17. The van der Waals surface area contributed by atoms with Crippen molar-refractivity contribution in [1.29, 1.82) is 0 Å². The molecule has 1 unspecified atom stereocenters. The van der Waals surface area contributed by atoms with Gasteiger partial charge in [0.2, 0.25) is 0 Å². The van der Waals surface area contributed by atoms with Crippen LogP contribution in [0.5, 0.6) is 11.5 Å². The lowest BCUT2D eigenvalue weighted by molar-refractivity contribution is -0.157. The van der Waals surface area contributed by atoms with Crippen LogP contribution in [-0.2, 0) is 4.74 Å². The minimum atomic E-state index is -0.616. The third kappa shape index (κ3) is 1.38. The first kappa shape index (κ1) is 8.13. The Balaban J connectivity index is 2.30. The van der Waals surface area contributed by atoms with Crippen molar-refractivity contribution >= 4 is 6.08 Å². The molecule has 1 atom stereocenters. The van der Waals surface area contributed by atoms with Crippen LogP contribution >= 0.6 is 0 Å². The van der Waals surface area contributed by atoms with E-state index in [1.807, 2.05) is 18.2 Å². The van der Waals surface area contributed by atoms with E-state index < -0.39 is 6.48 Å². The summed E-state index contributed by atoms with van der Waals surface area (Å²) in [7, 11) is 1.53. The molecule has 0 bridgehead atoms. The van der Waals surface area contributed by atoms with Crippen molar-refractivity contribution in [3.8, 4) is 11.5 Å². The molecule has 0 amide bonds. The van der Waals surface area contributed by atoms with Gasteiger partial charge < -0.3 is 14.2 Å². The van der Waals surface area contributed by atoms with Crippen LogP contribution in [0.25, 0.3) is 6.08 Å². The molecule has 0 spiro atoms. The highest BCUT2D eigenvalue weighted by atomic mass is 16.9. The molecule has 68 valence electrons. The molecule has 1 aliphatic rings. The lowest BCUT2D eigenvalue weighted by atomic mass is 10.2. The molecule has 0 N–H and O–H groups in total. The van der Waals surface area contributed by atoms with Gasteiger partial charge in [0.1, 0.15) is 0 Å². The van der Waals surface area contributed by atoms with E-state index in [2.05, 4.69) is 6.58 Å². The standard InChI is InChI=1S/C10H10O3/c1-3-7-4-5-8-9(6-7)13-10(11-2)12-8/h3-6,10H,1H2,2H3. The first-order chi connectivity index (χ1) is 6.33. The van der Waals surface area contributed by atoms with Gasteiger partial charge in [-0.25, -0.2) is 0 Å². The van der Waals surface area contributed by atoms with Gasteiger partial charge in [-0.15, -0.1) is 0 Å². The van der Waals surface area contributed by atoms with E-state index in [0.29, 0.717) is 11.5 Å². The van der Waals surface area contributed by atoms with Gasteiger partial charge in [-0.3, -0.25) is 0 Å². The smallest absolute Gasteiger partial charge is 0.360 e. The van der Waals surface area contributed by atoms with Crippen LogP contribution in [0.3, 0.4) is 0 Å². The highest BCUT2D eigenvalue weighted by Gasteiger charge is 2.23. The largest absolute Gasteiger partial charge is 0.428 e. The summed E-state index contributed by atoms with van der Waals surface area (Å²) < 4.78 is 15.5. The zero-order valence-electron chi connectivity index (χ0n) is 7.32. The molecule has 1 aromatic carbocycles. The zero-order valence-corrected chi connectivity index (χ0v) is 7.32. The third-order valence-electron chi connectivity index (χ3n) is 1.84. The highest BCUT2D eigenvalue weighted by Crippen LogP contribution is 2.35. The number of hydrogen-bond donors (Lipinski definition) is 0. The predicted molar refractivity (Wildman–Crippen MR) is 48.6 cm³/mol. The Morgan fingerprint density at radius 2 is 2.15 bits per heavy atom. The van der Waals surface area contributed by atoms with E-state index >= 15 is 0 Å². The molecule has 1 aliphatic heterocycles. The Labute approximate surface area is 76.5 Å². The van der Waals surface area contributed by atoms with Crippen LogP contribution in [0.1, 0.15) is 5.56 Å². The summed E-state index contributed by atoms with van der Waals surface area (Å²) in [4.78, 5) is 0. The summed E-state index contributed by atoms with van der Waals surface area (Å²) >= 11 is 0. The minimum absolute atomic E-state index is 0.616. The Kier molecular flexibility index (Phi) is 1.94. The molecular formula is C10H10O3. The van der Waals surface area contributed by atoms with Crippen LogP contribution in [0.2, 0.25) is 0 Å². The van der Waals surface area contributed by atoms with E-state index in [-0.39, 0.29) is 0 Å². The maximum absolute atomic E-state index is 5.31. The van der Waals surface area contributed by atoms with Crippen molar-refractivity contribution in [2.45, 2.75) is 6.48 Å². The molecule has 0 saturated carbocycles. The van der Waals surface area contributed by atoms with Crippen molar-refractivity contribution in [3.63, 3.8) is 0 Å². The SMILES string of the molecule is C=Cc1ccc2c(c1)OC(OC)O2. The molecule has 0 aliphatic carbocycles. The van der Waals surface area contributed by atoms with E-state index in [1.54, 1.807) is 6.08 Å². The van der Waals surface area contributed by atoms with Gasteiger partial charge in [0.05, 0.1) is 0 Å². The summed E-state index contributed by atoms with van der Waals surface area (Å²) in [6, 6.07) is 5.61. The van der Waals surface area contributed by atoms with Crippen LogP contribution in [-0.4, -0.2) is 13.6 Å². The Hall–Kier alpha value is -1.48. The predicted octanol–water partition coefficient (Wildman–Crippen LogP) is 2.03. The number of rotatable bonds is 2. The molecule has 3 nitrogen and oxygen atoms in total. The van der Waals surface area contributed by atoms with Gasteiger partial charge >= 0.3 is 6.48 Å². The van der Waals surface area contributed by atoms with Gasteiger partial charge in [-0.2, -0.15) is 0 Å².